The zero-order chi connectivity index (χ0) is 14.7. The summed E-state index contributed by atoms with van der Waals surface area (Å²) in [5, 5.41) is 18.2. The minimum Gasteiger partial charge on any atom is -0.353 e. The third-order valence-corrected chi connectivity index (χ3v) is 3.93. The predicted molar refractivity (Wildman–Crippen MR) is 81.5 cm³/mol. The van der Waals surface area contributed by atoms with Crippen molar-refractivity contribution in [1.29, 1.82) is 5.26 Å². The van der Waals surface area contributed by atoms with Gasteiger partial charge >= 0.3 is 0 Å². The maximum absolute atomic E-state index is 9.30. The first-order chi connectivity index (χ1) is 10.3. The van der Waals surface area contributed by atoms with Crippen molar-refractivity contribution < 1.29 is 0 Å². The van der Waals surface area contributed by atoms with Gasteiger partial charge < -0.3 is 4.90 Å². The van der Waals surface area contributed by atoms with Crippen molar-refractivity contribution in [1.82, 2.24) is 15.0 Å². The molecule has 0 unspecified atom stereocenters. The molecule has 0 saturated carbocycles. The van der Waals surface area contributed by atoms with Gasteiger partial charge in [0.05, 0.1) is 5.69 Å². The summed E-state index contributed by atoms with van der Waals surface area (Å²) in [6.45, 7) is 4.05. The van der Waals surface area contributed by atoms with Crippen LogP contribution in [0.4, 0.5) is 5.82 Å². The number of piperidine rings is 1. The molecule has 1 aliphatic rings. The maximum Gasteiger partial charge on any atom is 0.207 e. The fourth-order valence-electron chi connectivity index (χ4n) is 2.67. The molecular formula is C16H19N5. The number of aryl methyl sites for hydroxylation is 1. The molecule has 1 aromatic heterocycles. The average molecular weight is 281 g/mol. The fourth-order valence-corrected chi connectivity index (χ4v) is 2.67. The lowest BCUT2D eigenvalue weighted by molar-refractivity contribution is 0.571. The summed E-state index contributed by atoms with van der Waals surface area (Å²) >= 11 is 0. The van der Waals surface area contributed by atoms with Gasteiger partial charge in [0.1, 0.15) is 6.07 Å². The minimum atomic E-state index is 0.413. The number of hydrogen-bond acceptors (Lipinski definition) is 4. The van der Waals surface area contributed by atoms with Crippen LogP contribution in [0.25, 0.3) is 5.69 Å². The van der Waals surface area contributed by atoms with E-state index in [9.17, 15) is 5.26 Å². The summed E-state index contributed by atoms with van der Waals surface area (Å²) in [6.07, 6.45) is 4.58. The molecule has 0 radical (unpaired) electrons. The molecule has 5 nitrogen and oxygen atoms in total. The third-order valence-electron chi connectivity index (χ3n) is 3.93. The lowest BCUT2D eigenvalue weighted by Crippen LogP contribution is -2.30. The van der Waals surface area contributed by atoms with Crippen LogP contribution in [0, 0.1) is 11.3 Å². The number of rotatable bonds is 3. The maximum atomic E-state index is 9.30. The molecule has 21 heavy (non-hydrogen) atoms. The Bertz CT molecular complexity index is 644. The number of aromatic nitrogens is 3. The van der Waals surface area contributed by atoms with Gasteiger partial charge in [0.25, 0.3) is 0 Å². The summed E-state index contributed by atoms with van der Waals surface area (Å²) < 4.78 is 0. The fraction of sp³-hybridized carbons (Fsp3) is 0.438. The first-order valence-electron chi connectivity index (χ1n) is 7.53. The van der Waals surface area contributed by atoms with Crippen molar-refractivity contribution in [2.75, 3.05) is 18.0 Å². The van der Waals surface area contributed by atoms with Gasteiger partial charge in [-0.05, 0) is 43.4 Å². The molecule has 2 aromatic rings. The quantitative estimate of drug-likeness (QED) is 0.868. The molecule has 0 amide bonds. The van der Waals surface area contributed by atoms with Crippen LogP contribution < -0.4 is 4.90 Å². The van der Waals surface area contributed by atoms with Crippen LogP contribution in [0.2, 0.25) is 0 Å². The molecule has 1 aliphatic heterocycles. The Morgan fingerprint density at radius 2 is 1.81 bits per heavy atom. The molecule has 0 bridgehead atoms. The Balaban J connectivity index is 1.92. The largest absolute Gasteiger partial charge is 0.353 e. The Kier molecular flexibility index (Phi) is 3.87. The van der Waals surface area contributed by atoms with Crippen LogP contribution in [-0.2, 0) is 6.42 Å². The van der Waals surface area contributed by atoms with Crippen molar-refractivity contribution in [2.24, 2.45) is 0 Å². The van der Waals surface area contributed by atoms with Crippen LogP contribution in [0.3, 0.4) is 0 Å². The molecule has 1 aromatic carbocycles. The lowest BCUT2D eigenvalue weighted by Gasteiger charge is -2.26. The molecule has 2 heterocycles. The standard InChI is InChI=1S/C16H19N5/c1-2-13-6-8-14(9-7-13)21-18-15(12-17)16(19-21)20-10-4-3-5-11-20/h6-9H,2-5,10-11H2,1H3. The number of hydrogen-bond donors (Lipinski definition) is 0. The summed E-state index contributed by atoms with van der Waals surface area (Å²) in [5.74, 6) is 0.719. The highest BCUT2D eigenvalue weighted by atomic mass is 15.5. The van der Waals surface area contributed by atoms with Gasteiger partial charge in [-0.1, -0.05) is 19.1 Å². The van der Waals surface area contributed by atoms with Gasteiger partial charge in [-0.2, -0.15) is 5.26 Å². The van der Waals surface area contributed by atoms with Crippen LogP contribution in [-0.4, -0.2) is 28.1 Å². The zero-order valence-corrected chi connectivity index (χ0v) is 12.3. The summed E-state index contributed by atoms with van der Waals surface area (Å²) in [6, 6.07) is 10.3. The highest BCUT2D eigenvalue weighted by Gasteiger charge is 2.20. The average Bonchev–Trinajstić information content (AvgIpc) is 3.00. The van der Waals surface area contributed by atoms with Crippen molar-refractivity contribution in [3.63, 3.8) is 0 Å². The monoisotopic (exact) mass is 281 g/mol. The molecule has 0 N–H and O–H groups in total. The Morgan fingerprint density at radius 1 is 1.10 bits per heavy atom. The van der Waals surface area contributed by atoms with E-state index in [4.69, 9.17) is 0 Å². The highest BCUT2D eigenvalue weighted by molar-refractivity contribution is 5.50. The number of anilines is 1. The molecule has 108 valence electrons. The first kappa shape index (κ1) is 13.6. The van der Waals surface area contributed by atoms with E-state index in [2.05, 4.69) is 40.2 Å². The molecule has 0 spiro atoms. The smallest absolute Gasteiger partial charge is 0.207 e. The van der Waals surface area contributed by atoms with E-state index in [-0.39, 0.29) is 0 Å². The number of benzene rings is 1. The van der Waals surface area contributed by atoms with Gasteiger partial charge in [0.15, 0.2) is 5.82 Å². The van der Waals surface area contributed by atoms with Gasteiger partial charge in [-0.25, -0.2) is 0 Å². The second-order valence-corrected chi connectivity index (χ2v) is 5.34. The molecular weight excluding hydrogens is 262 g/mol. The minimum absolute atomic E-state index is 0.413. The van der Waals surface area contributed by atoms with Crippen molar-refractivity contribution in [3.05, 3.63) is 35.5 Å². The lowest BCUT2D eigenvalue weighted by atomic mass is 10.1. The molecule has 1 fully saturated rings. The van der Waals surface area contributed by atoms with Crippen LogP contribution in [0.15, 0.2) is 24.3 Å². The van der Waals surface area contributed by atoms with E-state index in [1.807, 2.05) is 12.1 Å². The molecule has 0 aliphatic carbocycles. The second-order valence-electron chi connectivity index (χ2n) is 5.34. The van der Waals surface area contributed by atoms with E-state index in [0.29, 0.717) is 5.69 Å². The highest BCUT2D eigenvalue weighted by Crippen LogP contribution is 2.21. The van der Waals surface area contributed by atoms with Gasteiger partial charge in [-0.3, -0.25) is 0 Å². The van der Waals surface area contributed by atoms with E-state index in [1.54, 1.807) is 4.80 Å². The third kappa shape index (κ3) is 2.75. The molecule has 3 rings (SSSR count). The Morgan fingerprint density at radius 3 is 2.43 bits per heavy atom. The van der Waals surface area contributed by atoms with Gasteiger partial charge in [0.2, 0.25) is 5.69 Å². The van der Waals surface area contributed by atoms with Crippen molar-refractivity contribution >= 4 is 5.82 Å². The summed E-state index contributed by atoms with van der Waals surface area (Å²) in [7, 11) is 0. The molecule has 0 atom stereocenters. The van der Waals surface area contributed by atoms with Gasteiger partial charge in [-0.15, -0.1) is 15.0 Å². The van der Waals surface area contributed by atoms with Crippen molar-refractivity contribution in [3.8, 4) is 11.8 Å². The normalized spacial score (nSPS) is 15.0. The topological polar surface area (TPSA) is 57.7 Å². The number of nitrogens with zero attached hydrogens (tertiary/aromatic N) is 5. The zero-order valence-electron chi connectivity index (χ0n) is 12.3. The molecule has 5 heteroatoms. The first-order valence-corrected chi connectivity index (χ1v) is 7.53. The second kappa shape index (κ2) is 5.96. The molecule has 1 saturated heterocycles. The van der Waals surface area contributed by atoms with E-state index >= 15 is 0 Å². The SMILES string of the molecule is CCc1ccc(-n2nc(C#N)c(N3CCCCC3)n2)cc1. The van der Waals surface area contributed by atoms with Crippen molar-refractivity contribution in [2.45, 2.75) is 32.6 Å². The summed E-state index contributed by atoms with van der Waals surface area (Å²) in [5.41, 5.74) is 2.59. The summed E-state index contributed by atoms with van der Waals surface area (Å²) in [4.78, 5) is 3.74. The van der Waals surface area contributed by atoms with Crippen LogP contribution in [0.5, 0.6) is 0 Å². The Labute approximate surface area is 124 Å². The number of nitriles is 1. The van der Waals surface area contributed by atoms with E-state index in [0.717, 1.165) is 43.9 Å². The van der Waals surface area contributed by atoms with Gasteiger partial charge in [0, 0.05) is 13.1 Å². The van der Waals surface area contributed by atoms with E-state index in [1.165, 1.54) is 12.0 Å². The predicted octanol–water partition coefficient (Wildman–Crippen LogP) is 2.69. The van der Waals surface area contributed by atoms with Crippen LogP contribution in [0.1, 0.15) is 37.4 Å². The Hall–Kier alpha value is -2.35. The van der Waals surface area contributed by atoms with Crippen LogP contribution >= 0.6 is 0 Å². The van der Waals surface area contributed by atoms with E-state index < -0.39 is 0 Å².